The van der Waals surface area contributed by atoms with Crippen LogP contribution in [-0.4, -0.2) is 50.5 Å². The minimum Gasteiger partial charge on any atom is -0.354 e. The summed E-state index contributed by atoms with van der Waals surface area (Å²) < 4.78 is 26.7. The van der Waals surface area contributed by atoms with Gasteiger partial charge in [-0.1, -0.05) is 57.2 Å². The normalized spacial score (nSPS) is 12.3. The number of sulfonamides is 1. The van der Waals surface area contributed by atoms with Gasteiger partial charge in [-0.25, -0.2) is 8.42 Å². The highest BCUT2D eigenvalue weighted by atomic mass is 32.2. The van der Waals surface area contributed by atoms with Gasteiger partial charge in [-0.2, -0.15) is 0 Å². The molecule has 0 aliphatic heterocycles. The second-order valence-corrected chi connectivity index (χ2v) is 11.5. The lowest BCUT2D eigenvalue weighted by Gasteiger charge is -2.33. The van der Waals surface area contributed by atoms with Gasteiger partial charge in [-0.3, -0.25) is 13.9 Å². The summed E-state index contributed by atoms with van der Waals surface area (Å²) in [5.41, 5.74) is 4.02. The molecule has 35 heavy (non-hydrogen) atoms. The van der Waals surface area contributed by atoms with Gasteiger partial charge in [0.2, 0.25) is 21.8 Å². The molecule has 0 unspecified atom stereocenters. The molecule has 0 aromatic heterocycles. The van der Waals surface area contributed by atoms with E-state index in [1.54, 1.807) is 6.07 Å². The Balaban J connectivity index is 2.48. The van der Waals surface area contributed by atoms with E-state index < -0.39 is 22.0 Å². The first-order valence-electron chi connectivity index (χ1n) is 12.0. The number of carbonyl (C=O) groups excluding carboxylic acids is 2. The van der Waals surface area contributed by atoms with Crippen molar-refractivity contribution in [1.82, 2.24) is 10.2 Å². The van der Waals surface area contributed by atoms with Gasteiger partial charge >= 0.3 is 0 Å². The molecule has 1 atom stereocenters. The van der Waals surface area contributed by atoms with Gasteiger partial charge in [0.05, 0.1) is 11.9 Å². The molecule has 0 saturated heterocycles. The fourth-order valence-electron chi connectivity index (χ4n) is 3.90. The van der Waals surface area contributed by atoms with Crippen LogP contribution < -0.4 is 9.62 Å². The molecule has 2 amide bonds. The number of carbonyl (C=O) groups is 2. The summed E-state index contributed by atoms with van der Waals surface area (Å²) in [5, 5.41) is 2.94. The predicted molar refractivity (Wildman–Crippen MR) is 142 cm³/mol. The summed E-state index contributed by atoms with van der Waals surface area (Å²) >= 11 is 0. The van der Waals surface area contributed by atoms with Crippen molar-refractivity contribution in [1.29, 1.82) is 0 Å². The molecular weight excluding hydrogens is 462 g/mol. The van der Waals surface area contributed by atoms with Crippen LogP contribution in [0.1, 0.15) is 49.4 Å². The highest BCUT2D eigenvalue weighted by Crippen LogP contribution is 2.25. The molecule has 1 N–H and O–H groups in total. The van der Waals surface area contributed by atoms with Crippen molar-refractivity contribution >= 4 is 27.5 Å². The van der Waals surface area contributed by atoms with Crippen LogP contribution in [0.5, 0.6) is 0 Å². The van der Waals surface area contributed by atoms with Crippen LogP contribution in [0.3, 0.4) is 0 Å². The Bertz CT molecular complexity index is 1140. The van der Waals surface area contributed by atoms with E-state index in [-0.39, 0.29) is 24.9 Å². The third-order valence-corrected chi connectivity index (χ3v) is 7.11. The van der Waals surface area contributed by atoms with Gasteiger partial charge in [-0.15, -0.1) is 0 Å². The molecule has 0 bridgehead atoms. The van der Waals surface area contributed by atoms with Crippen LogP contribution in [0.2, 0.25) is 0 Å². The van der Waals surface area contributed by atoms with Crippen LogP contribution >= 0.6 is 0 Å². The Morgan fingerprint density at radius 3 is 2.23 bits per heavy atom. The summed E-state index contributed by atoms with van der Waals surface area (Å²) in [6, 6.07) is 12.5. The van der Waals surface area contributed by atoms with Gasteiger partial charge < -0.3 is 10.2 Å². The molecule has 192 valence electrons. The predicted octanol–water partition coefficient (Wildman–Crippen LogP) is 3.96. The number of amides is 2. The van der Waals surface area contributed by atoms with E-state index in [2.05, 4.69) is 5.32 Å². The van der Waals surface area contributed by atoms with E-state index >= 15 is 0 Å². The molecular formula is C27H39N3O4S. The highest BCUT2D eigenvalue weighted by Gasteiger charge is 2.32. The van der Waals surface area contributed by atoms with Crippen molar-refractivity contribution in [2.45, 2.75) is 60.5 Å². The highest BCUT2D eigenvalue weighted by molar-refractivity contribution is 7.92. The van der Waals surface area contributed by atoms with Crippen LogP contribution in [-0.2, 0) is 26.2 Å². The van der Waals surface area contributed by atoms with Crippen molar-refractivity contribution in [2.75, 3.05) is 23.7 Å². The first kappa shape index (κ1) is 28.4. The van der Waals surface area contributed by atoms with E-state index in [1.165, 1.54) is 4.90 Å². The largest absolute Gasteiger partial charge is 0.354 e. The van der Waals surface area contributed by atoms with E-state index in [0.717, 1.165) is 32.8 Å². The maximum Gasteiger partial charge on any atom is 0.244 e. The molecule has 2 aromatic carbocycles. The van der Waals surface area contributed by atoms with E-state index in [1.807, 2.05) is 77.9 Å². The van der Waals surface area contributed by atoms with Crippen molar-refractivity contribution in [2.24, 2.45) is 5.92 Å². The van der Waals surface area contributed by atoms with Gasteiger partial charge in [0.15, 0.2) is 0 Å². The SMILES string of the molecule is CC[C@H](C(=O)NCC(C)C)N(Cc1ccccc1C)C(=O)CN(c1cc(C)ccc1C)S(C)(=O)=O. The zero-order valence-corrected chi connectivity index (χ0v) is 22.8. The lowest BCUT2D eigenvalue weighted by Crippen LogP contribution is -2.52. The Labute approximate surface area is 210 Å². The topological polar surface area (TPSA) is 86.8 Å². The summed E-state index contributed by atoms with van der Waals surface area (Å²) in [4.78, 5) is 28.4. The number of rotatable bonds is 11. The molecule has 0 radical (unpaired) electrons. The van der Waals surface area contributed by atoms with Gasteiger partial charge in [0, 0.05) is 13.1 Å². The van der Waals surface area contributed by atoms with E-state index in [4.69, 9.17) is 0 Å². The Morgan fingerprint density at radius 1 is 1.00 bits per heavy atom. The molecule has 7 nitrogen and oxygen atoms in total. The van der Waals surface area contributed by atoms with Crippen molar-refractivity contribution < 1.29 is 18.0 Å². The van der Waals surface area contributed by atoms with Crippen LogP contribution in [0.4, 0.5) is 5.69 Å². The number of anilines is 1. The number of benzene rings is 2. The third-order valence-electron chi connectivity index (χ3n) is 5.98. The Hall–Kier alpha value is -2.87. The minimum absolute atomic E-state index is 0.212. The number of aryl methyl sites for hydroxylation is 3. The molecule has 0 fully saturated rings. The van der Waals surface area contributed by atoms with Crippen LogP contribution in [0.25, 0.3) is 0 Å². The number of hydrogen-bond donors (Lipinski definition) is 1. The quantitative estimate of drug-likeness (QED) is 0.505. The van der Waals surface area contributed by atoms with Gasteiger partial charge in [-0.05, 0) is 61.4 Å². The third kappa shape index (κ3) is 7.82. The van der Waals surface area contributed by atoms with Crippen molar-refractivity contribution in [3.63, 3.8) is 0 Å². The summed E-state index contributed by atoms with van der Waals surface area (Å²) in [7, 11) is -3.76. The molecule has 0 aliphatic carbocycles. The fraction of sp³-hybridized carbons (Fsp3) is 0.481. The lowest BCUT2D eigenvalue weighted by molar-refractivity contribution is -0.140. The summed E-state index contributed by atoms with van der Waals surface area (Å²) in [6.45, 7) is 11.8. The maximum absolute atomic E-state index is 13.8. The minimum atomic E-state index is -3.76. The van der Waals surface area contributed by atoms with E-state index in [9.17, 15) is 18.0 Å². The zero-order chi connectivity index (χ0) is 26.3. The lowest BCUT2D eigenvalue weighted by atomic mass is 10.1. The average molecular weight is 502 g/mol. The Kier molecular flexibility index (Phi) is 9.89. The van der Waals surface area contributed by atoms with Gasteiger partial charge in [0.25, 0.3) is 0 Å². The molecule has 0 aliphatic rings. The second kappa shape index (κ2) is 12.2. The van der Waals surface area contributed by atoms with Crippen LogP contribution in [0, 0.1) is 26.7 Å². The maximum atomic E-state index is 13.8. The second-order valence-electron chi connectivity index (χ2n) is 9.57. The molecule has 8 heteroatoms. The smallest absolute Gasteiger partial charge is 0.244 e. The average Bonchev–Trinajstić information content (AvgIpc) is 2.78. The monoisotopic (exact) mass is 501 g/mol. The first-order valence-corrected chi connectivity index (χ1v) is 13.9. The molecule has 0 saturated carbocycles. The molecule has 2 aromatic rings. The van der Waals surface area contributed by atoms with E-state index in [0.29, 0.717) is 18.7 Å². The number of hydrogen-bond acceptors (Lipinski definition) is 4. The summed E-state index contributed by atoms with van der Waals surface area (Å²) in [5.74, 6) is -0.395. The fourth-order valence-corrected chi connectivity index (χ4v) is 4.79. The number of nitrogens with zero attached hydrogens (tertiary/aromatic N) is 2. The van der Waals surface area contributed by atoms with Crippen LogP contribution in [0.15, 0.2) is 42.5 Å². The van der Waals surface area contributed by atoms with Crippen molar-refractivity contribution in [3.05, 3.63) is 64.7 Å². The van der Waals surface area contributed by atoms with Gasteiger partial charge in [0.1, 0.15) is 12.6 Å². The molecule has 0 heterocycles. The molecule has 2 rings (SSSR count). The standard InChI is InChI=1S/C27H39N3O4S/c1-8-24(27(32)28-16-19(2)3)29(17-23-12-10-9-11-21(23)5)26(31)18-30(35(7,33)34)25-15-20(4)13-14-22(25)6/h9-15,19,24H,8,16-18H2,1-7H3,(H,28,32)/t24-/m1/s1. The van der Waals surface area contributed by atoms with Crippen molar-refractivity contribution in [3.8, 4) is 0 Å². The Morgan fingerprint density at radius 2 is 1.66 bits per heavy atom. The first-order chi connectivity index (χ1) is 16.3. The summed E-state index contributed by atoms with van der Waals surface area (Å²) in [6.07, 6.45) is 1.50. The molecule has 0 spiro atoms. The zero-order valence-electron chi connectivity index (χ0n) is 22.0. The number of nitrogens with one attached hydrogen (secondary N) is 1.